The van der Waals surface area contributed by atoms with Crippen molar-refractivity contribution in [2.45, 2.75) is 39.3 Å². The van der Waals surface area contributed by atoms with E-state index in [0.717, 1.165) is 21.2 Å². The second kappa shape index (κ2) is 6.74. The van der Waals surface area contributed by atoms with Crippen molar-refractivity contribution in [1.82, 2.24) is 20.4 Å². The zero-order valence-electron chi connectivity index (χ0n) is 16.1. The van der Waals surface area contributed by atoms with Gasteiger partial charge in [0.2, 0.25) is 5.89 Å². The summed E-state index contributed by atoms with van der Waals surface area (Å²) < 4.78 is 5.23. The van der Waals surface area contributed by atoms with Gasteiger partial charge >= 0.3 is 6.03 Å². The second-order valence-electron chi connectivity index (χ2n) is 7.68. The Hall–Kier alpha value is -3.22. The van der Waals surface area contributed by atoms with Gasteiger partial charge in [0.15, 0.2) is 5.82 Å². The van der Waals surface area contributed by atoms with E-state index in [2.05, 4.69) is 29.3 Å². The van der Waals surface area contributed by atoms with E-state index in [0.29, 0.717) is 18.2 Å². The highest BCUT2D eigenvalue weighted by Gasteiger charge is 2.50. The van der Waals surface area contributed by atoms with Crippen LogP contribution < -0.4 is 5.32 Å². The number of hydrogen-bond acceptors (Lipinski definition) is 5. The number of nitrogens with zero attached hydrogens (tertiary/aromatic N) is 3. The van der Waals surface area contributed by atoms with Crippen molar-refractivity contribution in [3.8, 4) is 0 Å². The van der Waals surface area contributed by atoms with Crippen LogP contribution in [0.1, 0.15) is 38.0 Å². The standard InChI is InChI=1S/C21H22N4O3/c1-13(2)11-17-22-18(28-24-17)12-25-19(26)21(3,23-20(25)27)16-10-6-8-14-7-4-5-9-15(14)16/h4-10,13H,11-12H2,1-3H3,(H,23,27). The van der Waals surface area contributed by atoms with Gasteiger partial charge in [-0.2, -0.15) is 4.98 Å². The van der Waals surface area contributed by atoms with E-state index in [1.807, 2.05) is 42.5 Å². The molecule has 1 atom stereocenters. The van der Waals surface area contributed by atoms with Crippen molar-refractivity contribution in [1.29, 1.82) is 0 Å². The Labute approximate surface area is 162 Å². The van der Waals surface area contributed by atoms with Gasteiger partial charge in [0.25, 0.3) is 5.91 Å². The number of aromatic nitrogens is 2. The molecule has 0 bridgehead atoms. The zero-order valence-corrected chi connectivity index (χ0v) is 16.1. The van der Waals surface area contributed by atoms with Gasteiger partial charge in [-0.15, -0.1) is 0 Å². The molecule has 3 aromatic rings. The van der Waals surface area contributed by atoms with E-state index >= 15 is 0 Å². The van der Waals surface area contributed by atoms with E-state index in [1.165, 1.54) is 0 Å². The molecule has 2 aromatic carbocycles. The lowest BCUT2D eigenvalue weighted by atomic mass is 9.88. The van der Waals surface area contributed by atoms with Crippen LogP contribution in [0.4, 0.5) is 4.79 Å². The van der Waals surface area contributed by atoms with Crippen molar-refractivity contribution in [2.24, 2.45) is 5.92 Å². The Balaban J connectivity index is 1.64. The van der Waals surface area contributed by atoms with E-state index in [-0.39, 0.29) is 18.3 Å². The van der Waals surface area contributed by atoms with Gasteiger partial charge in [-0.25, -0.2) is 4.79 Å². The molecule has 28 heavy (non-hydrogen) atoms. The summed E-state index contributed by atoms with van der Waals surface area (Å²) in [6, 6.07) is 13.1. The van der Waals surface area contributed by atoms with Crippen LogP contribution in [0.25, 0.3) is 10.8 Å². The van der Waals surface area contributed by atoms with Crippen LogP contribution in [-0.4, -0.2) is 27.0 Å². The lowest BCUT2D eigenvalue weighted by Crippen LogP contribution is -2.41. The molecule has 1 aromatic heterocycles. The smallest absolute Gasteiger partial charge is 0.325 e. The van der Waals surface area contributed by atoms with Crippen molar-refractivity contribution in [3.63, 3.8) is 0 Å². The summed E-state index contributed by atoms with van der Waals surface area (Å²) in [6.07, 6.45) is 0.678. The first-order valence-electron chi connectivity index (χ1n) is 9.32. The summed E-state index contributed by atoms with van der Waals surface area (Å²) in [4.78, 5) is 31.3. The van der Waals surface area contributed by atoms with E-state index in [4.69, 9.17) is 4.52 Å². The summed E-state index contributed by atoms with van der Waals surface area (Å²) in [7, 11) is 0. The van der Waals surface area contributed by atoms with Gasteiger partial charge in [0.1, 0.15) is 12.1 Å². The molecule has 0 radical (unpaired) electrons. The number of benzene rings is 2. The minimum atomic E-state index is -1.15. The number of hydrogen-bond donors (Lipinski definition) is 1. The van der Waals surface area contributed by atoms with Crippen molar-refractivity contribution in [2.75, 3.05) is 0 Å². The molecule has 0 spiro atoms. The molecule has 1 fully saturated rings. The Kier molecular flexibility index (Phi) is 4.37. The van der Waals surface area contributed by atoms with Crippen LogP contribution in [-0.2, 0) is 23.3 Å². The Morgan fingerprint density at radius 2 is 1.89 bits per heavy atom. The molecule has 7 nitrogen and oxygen atoms in total. The van der Waals surface area contributed by atoms with Gasteiger partial charge in [0, 0.05) is 6.42 Å². The monoisotopic (exact) mass is 378 g/mol. The Morgan fingerprint density at radius 3 is 2.68 bits per heavy atom. The number of fused-ring (bicyclic) bond motifs is 1. The van der Waals surface area contributed by atoms with Crippen molar-refractivity contribution >= 4 is 22.7 Å². The fourth-order valence-corrected chi connectivity index (χ4v) is 3.62. The highest BCUT2D eigenvalue weighted by molar-refractivity contribution is 6.09. The molecule has 3 amide bonds. The van der Waals surface area contributed by atoms with Gasteiger partial charge in [0.05, 0.1) is 0 Å². The number of amides is 3. The Bertz CT molecular complexity index is 1050. The molecule has 0 saturated carbocycles. The number of rotatable bonds is 5. The maximum atomic E-state index is 13.2. The first-order chi connectivity index (χ1) is 13.4. The maximum Gasteiger partial charge on any atom is 0.325 e. The molecule has 144 valence electrons. The average Bonchev–Trinajstić information content (AvgIpc) is 3.19. The third-order valence-electron chi connectivity index (χ3n) is 5.00. The number of carbonyl (C=O) groups is 2. The first kappa shape index (κ1) is 18.2. The Morgan fingerprint density at radius 1 is 1.14 bits per heavy atom. The predicted molar refractivity (Wildman–Crippen MR) is 103 cm³/mol. The predicted octanol–water partition coefficient (Wildman–Crippen LogP) is 3.39. The van der Waals surface area contributed by atoms with Crippen LogP contribution in [0.3, 0.4) is 0 Å². The quantitative estimate of drug-likeness (QED) is 0.688. The third-order valence-corrected chi connectivity index (χ3v) is 5.00. The number of carbonyl (C=O) groups excluding carboxylic acids is 2. The van der Waals surface area contributed by atoms with Crippen molar-refractivity contribution in [3.05, 3.63) is 59.7 Å². The minimum Gasteiger partial charge on any atom is -0.337 e. The average molecular weight is 378 g/mol. The summed E-state index contributed by atoms with van der Waals surface area (Å²) in [5.74, 6) is 0.879. The fourth-order valence-electron chi connectivity index (χ4n) is 3.62. The molecule has 0 aliphatic carbocycles. The molecule has 1 N–H and O–H groups in total. The normalized spacial score (nSPS) is 19.6. The number of urea groups is 1. The molecule has 1 saturated heterocycles. The molecule has 1 aliphatic heterocycles. The fraction of sp³-hybridized carbons (Fsp3) is 0.333. The van der Waals surface area contributed by atoms with Gasteiger partial charge in [-0.05, 0) is 29.2 Å². The SMILES string of the molecule is CC(C)Cc1noc(CN2C(=O)NC(C)(c3cccc4ccccc34)C2=O)n1. The van der Waals surface area contributed by atoms with Crippen LogP contribution in [0.5, 0.6) is 0 Å². The summed E-state index contributed by atoms with van der Waals surface area (Å²) in [5.41, 5.74) is -0.392. The molecule has 7 heteroatoms. The van der Waals surface area contributed by atoms with E-state index < -0.39 is 11.6 Å². The maximum absolute atomic E-state index is 13.2. The number of imide groups is 1. The molecular formula is C21H22N4O3. The number of nitrogens with one attached hydrogen (secondary N) is 1. The molecule has 2 heterocycles. The molecule has 4 rings (SSSR count). The van der Waals surface area contributed by atoms with Crippen LogP contribution >= 0.6 is 0 Å². The van der Waals surface area contributed by atoms with E-state index in [9.17, 15) is 9.59 Å². The first-order valence-corrected chi connectivity index (χ1v) is 9.32. The zero-order chi connectivity index (χ0) is 19.9. The van der Waals surface area contributed by atoms with Crippen LogP contribution in [0.15, 0.2) is 47.0 Å². The largest absolute Gasteiger partial charge is 0.337 e. The summed E-state index contributed by atoms with van der Waals surface area (Å²) >= 11 is 0. The van der Waals surface area contributed by atoms with Crippen molar-refractivity contribution < 1.29 is 14.1 Å². The highest BCUT2D eigenvalue weighted by Crippen LogP contribution is 2.34. The lowest BCUT2D eigenvalue weighted by molar-refractivity contribution is -0.131. The second-order valence-corrected chi connectivity index (χ2v) is 7.68. The van der Waals surface area contributed by atoms with Gasteiger partial charge < -0.3 is 9.84 Å². The van der Waals surface area contributed by atoms with Crippen LogP contribution in [0, 0.1) is 5.92 Å². The minimum absolute atomic E-state index is 0.0455. The highest BCUT2D eigenvalue weighted by atomic mass is 16.5. The molecule has 1 unspecified atom stereocenters. The topological polar surface area (TPSA) is 88.3 Å². The molecular weight excluding hydrogens is 356 g/mol. The summed E-state index contributed by atoms with van der Waals surface area (Å²) in [5, 5.41) is 8.72. The molecule has 1 aliphatic rings. The summed E-state index contributed by atoms with van der Waals surface area (Å²) in [6.45, 7) is 5.80. The van der Waals surface area contributed by atoms with Crippen LogP contribution in [0.2, 0.25) is 0 Å². The van der Waals surface area contributed by atoms with Gasteiger partial charge in [-0.3, -0.25) is 9.69 Å². The van der Waals surface area contributed by atoms with Gasteiger partial charge in [-0.1, -0.05) is 61.5 Å². The third kappa shape index (κ3) is 3.02. The lowest BCUT2D eigenvalue weighted by Gasteiger charge is -2.23. The van der Waals surface area contributed by atoms with E-state index in [1.54, 1.807) is 6.92 Å².